The van der Waals surface area contributed by atoms with E-state index in [2.05, 4.69) is 11.2 Å². The van der Waals surface area contributed by atoms with E-state index in [0.29, 0.717) is 5.75 Å². The summed E-state index contributed by atoms with van der Waals surface area (Å²) in [5.74, 6) is 0.292. The smallest absolute Gasteiger partial charge is 0.102 e. The van der Waals surface area contributed by atoms with Crippen LogP contribution < -0.4 is 0 Å². The molecule has 0 aliphatic carbocycles. The molecule has 2 rings (SSSR count). The Morgan fingerprint density at radius 3 is 3.00 bits per heavy atom. The van der Waals surface area contributed by atoms with Crippen LogP contribution in [0.3, 0.4) is 0 Å². The Kier molecular flexibility index (Phi) is 2.30. The molecule has 0 aliphatic rings. The predicted molar refractivity (Wildman–Crippen MR) is 38.8 cm³/mol. The summed E-state index contributed by atoms with van der Waals surface area (Å²) in [5.41, 5.74) is 0.998. The first-order valence-corrected chi connectivity index (χ1v) is 3.04. The van der Waals surface area contributed by atoms with Crippen molar-refractivity contribution in [2.75, 3.05) is 0 Å². The first-order chi connectivity index (χ1) is 4.86. The van der Waals surface area contributed by atoms with Gasteiger partial charge in [0.15, 0.2) is 0 Å². The van der Waals surface area contributed by atoms with E-state index >= 15 is 0 Å². The number of rotatable bonds is 0. The number of aromatic nitrogens is 1. The minimum absolute atomic E-state index is 0. The molecule has 0 aliphatic heterocycles. The molecule has 0 atom stereocenters. The molecule has 1 aromatic carbocycles. The summed E-state index contributed by atoms with van der Waals surface area (Å²) >= 11 is 0. The molecule has 0 spiro atoms. The van der Waals surface area contributed by atoms with Gasteiger partial charge < -0.3 is 10.1 Å². The second-order valence-electron chi connectivity index (χ2n) is 2.19. The topological polar surface area (TPSA) is 36.0 Å². The molecule has 0 unspecified atom stereocenters. The molecule has 1 heterocycles. The number of phenolic OH excluding ortho intramolecular Hbond substituents is 1. The average molecular weight is 235 g/mol. The Hall–Kier alpha value is -0.817. The molecule has 11 heavy (non-hydrogen) atoms. The van der Waals surface area contributed by atoms with E-state index < -0.39 is 0 Å². The van der Waals surface area contributed by atoms with Crippen molar-refractivity contribution in [1.82, 2.24) is 4.98 Å². The fraction of sp³-hybridized carbons (Fsp3) is 0. The minimum Gasteiger partial charge on any atom is -0.509 e. The summed E-state index contributed by atoms with van der Waals surface area (Å²) in [6.07, 6.45) is 2.83. The van der Waals surface area contributed by atoms with Crippen LogP contribution in [0.2, 0.25) is 0 Å². The molecular formula is C8H6NORh-. The second-order valence-corrected chi connectivity index (χ2v) is 2.19. The molecule has 0 amide bonds. The van der Waals surface area contributed by atoms with Crippen LogP contribution >= 0.6 is 0 Å². The van der Waals surface area contributed by atoms with E-state index in [1.54, 1.807) is 18.2 Å². The first kappa shape index (κ1) is 8.28. The van der Waals surface area contributed by atoms with Crippen molar-refractivity contribution >= 4 is 10.9 Å². The van der Waals surface area contributed by atoms with Crippen LogP contribution in [-0.2, 0) is 19.5 Å². The molecule has 0 bridgehead atoms. The number of fused-ring (bicyclic) bond motifs is 1. The van der Waals surface area contributed by atoms with Gasteiger partial charge in [-0.1, -0.05) is 6.07 Å². The Balaban J connectivity index is 0.000000605. The van der Waals surface area contributed by atoms with Crippen LogP contribution in [-0.4, -0.2) is 10.1 Å². The fourth-order valence-corrected chi connectivity index (χ4v) is 0.975. The third-order valence-electron chi connectivity index (χ3n) is 1.47. The Morgan fingerprint density at radius 2 is 2.18 bits per heavy atom. The van der Waals surface area contributed by atoms with Gasteiger partial charge in [0.05, 0.1) is 0 Å². The molecule has 2 N–H and O–H groups in total. The predicted octanol–water partition coefficient (Wildman–Crippen LogP) is 1.67. The fourth-order valence-electron chi connectivity index (χ4n) is 0.975. The standard InChI is InChI=1S/C8H6NO.Rh/c10-7-1-2-8-6(5-7)3-4-9-8;/h1-3,5,9-10H;/q-1;. The van der Waals surface area contributed by atoms with Gasteiger partial charge in [0, 0.05) is 19.5 Å². The van der Waals surface area contributed by atoms with Gasteiger partial charge in [0.2, 0.25) is 0 Å². The number of H-pyrrole nitrogens is 1. The molecule has 0 fully saturated rings. The van der Waals surface area contributed by atoms with E-state index in [-0.39, 0.29) is 19.5 Å². The minimum atomic E-state index is 0. The van der Waals surface area contributed by atoms with Crippen molar-refractivity contribution < 1.29 is 24.6 Å². The van der Waals surface area contributed by atoms with Crippen LogP contribution in [0.5, 0.6) is 5.75 Å². The quantitative estimate of drug-likeness (QED) is 0.528. The Labute approximate surface area is 77.0 Å². The first-order valence-electron chi connectivity index (χ1n) is 3.04. The molecule has 0 saturated heterocycles. The van der Waals surface area contributed by atoms with E-state index in [1.807, 2.05) is 6.07 Å². The van der Waals surface area contributed by atoms with Crippen LogP contribution in [0.25, 0.3) is 10.9 Å². The Bertz CT molecular complexity index is 356. The van der Waals surface area contributed by atoms with Crippen molar-refractivity contribution in [2.24, 2.45) is 0 Å². The molecule has 3 heteroatoms. The number of benzene rings is 1. The van der Waals surface area contributed by atoms with Gasteiger partial charge in [0.1, 0.15) is 5.75 Å². The maximum absolute atomic E-state index is 9.02. The van der Waals surface area contributed by atoms with Crippen molar-refractivity contribution in [1.29, 1.82) is 0 Å². The third-order valence-corrected chi connectivity index (χ3v) is 1.47. The average Bonchev–Trinajstić information content (AvgIpc) is 2.33. The number of aromatic hydroxyl groups is 1. The molecule has 1 radical (unpaired) electrons. The zero-order chi connectivity index (χ0) is 6.97. The Morgan fingerprint density at radius 1 is 1.36 bits per heavy atom. The molecular weight excluding hydrogens is 229 g/mol. The van der Waals surface area contributed by atoms with Crippen LogP contribution in [0, 0.1) is 6.20 Å². The van der Waals surface area contributed by atoms with E-state index in [9.17, 15) is 0 Å². The van der Waals surface area contributed by atoms with Crippen molar-refractivity contribution in [3.8, 4) is 5.75 Å². The SMILES string of the molecule is Oc1ccc2[nH][c-]cc2c1.[Rh]. The van der Waals surface area contributed by atoms with Crippen molar-refractivity contribution in [3.63, 3.8) is 0 Å². The summed E-state index contributed by atoms with van der Waals surface area (Å²) in [7, 11) is 0. The van der Waals surface area contributed by atoms with E-state index in [1.165, 1.54) is 0 Å². The van der Waals surface area contributed by atoms with Crippen LogP contribution in [0.4, 0.5) is 0 Å². The summed E-state index contributed by atoms with van der Waals surface area (Å²) < 4.78 is 0. The molecule has 2 nitrogen and oxygen atoms in total. The van der Waals surface area contributed by atoms with Gasteiger partial charge in [-0.15, -0.1) is 17.8 Å². The maximum Gasteiger partial charge on any atom is 0.102 e. The van der Waals surface area contributed by atoms with Crippen molar-refractivity contribution in [2.45, 2.75) is 0 Å². The second kappa shape index (κ2) is 3.06. The third kappa shape index (κ3) is 1.43. The van der Waals surface area contributed by atoms with Gasteiger partial charge in [-0.2, -0.15) is 11.5 Å². The van der Waals surface area contributed by atoms with Gasteiger partial charge in [-0.25, -0.2) is 0 Å². The zero-order valence-electron chi connectivity index (χ0n) is 5.59. The van der Waals surface area contributed by atoms with Crippen LogP contribution in [0.1, 0.15) is 0 Å². The summed E-state index contributed by atoms with van der Waals surface area (Å²) in [6.45, 7) is 0. The van der Waals surface area contributed by atoms with Crippen molar-refractivity contribution in [3.05, 3.63) is 30.5 Å². The van der Waals surface area contributed by atoms with Gasteiger partial charge in [0.25, 0.3) is 0 Å². The summed E-state index contributed by atoms with van der Waals surface area (Å²) in [6, 6.07) is 6.96. The van der Waals surface area contributed by atoms with Crippen LogP contribution in [0.15, 0.2) is 24.3 Å². The van der Waals surface area contributed by atoms with Gasteiger partial charge in [-0.3, -0.25) is 0 Å². The molecule has 2 aromatic rings. The number of phenols is 1. The maximum atomic E-state index is 9.02. The van der Waals surface area contributed by atoms with Gasteiger partial charge in [-0.05, 0) is 6.07 Å². The summed E-state index contributed by atoms with van der Waals surface area (Å²) in [4.78, 5) is 2.91. The number of hydrogen-bond acceptors (Lipinski definition) is 1. The summed E-state index contributed by atoms with van der Waals surface area (Å²) in [5, 5.41) is 10.0. The largest absolute Gasteiger partial charge is 0.509 e. The number of aromatic amines is 1. The molecule has 1 aromatic heterocycles. The van der Waals surface area contributed by atoms with E-state index in [0.717, 1.165) is 10.9 Å². The monoisotopic (exact) mass is 235 g/mol. The van der Waals surface area contributed by atoms with Gasteiger partial charge >= 0.3 is 0 Å². The molecule has 0 saturated carbocycles. The number of nitrogens with one attached hydrogen (secondary N) is 1. The molecule has 59 valence electrons. The van der Waals surface area contributed by atoms with E-state index in [4.69, 9.17) is 5.11 Å². The zero-order valence-corrected chi connectivity index (χ0v) is 7.23. The number of hydrogen-bond donors (Lipinski definition) is 2. The normalized spacial score (nSPS) is 9.45.